The van der Waals surface area contributed by atoms with Crippen LogP contribution in [0.25, 0.3) is 0 Å². The number of hydrogen-bond acceptors (Lipinski definition) is 3. The van der Waals surface area contributed by atoms with Crippen LogP contribution in [0.5, 0.6) is 0 Å². The van der Waals surface area contributed by atoms with Gasteiger partial charge in [-0.2, -0.15) is 0 Å². The second kappa shape index (κ2) is 10.3. The van der Waals surface area contributed by atoms with Crippen molar-refractivity contribution in [1.29, 1.82) is 0 Å². The van der Waals surface area contributed by atoms with Gasteiger partial charge in [-0.25, -0.2) is 0 Å². The number of benzene rings is 1. The van der Waals surface area contributed by atoms with Gasteiger partial charge in [0.2, 0.25) is 5.91 Å². The highest BCUT2D eigenvalue weighted by molar-refractivity contribution is 5.81. The molecule has 0 aliphatic carbocycles. The van der Waals surface area contributed by atoms with E-state index in [1.807, 2.05) is 44.3 Å². The van der Waals surface area contributed by atoms with E-state index in [0.717, 1.165) is 6.42 Å². The summed E-state index contributed by atoms with van der Waals surface area (Å²) in [5.41, 5.74) is 1.19. The lowest BCUT2D eigenvalue weighted by atomic mass is 10.0. The zero-order valence-corrected chi connectivity index (χ0v) is 12.2. The number of carbonyl (C=O) groups is 2. The highest BCUT2D eigenvalue weighted by atomic mass is 16.1. The van der Waals surface area contributed by atoms with Gasteiger partial charge in [-0.3, -0.25) is 9.59 Å². The third-order valence-corrected chi connectivity index (χ3v) is 2.72. The van der Waals surface area contributed by atoms with E-state index in [-0.39, 0.29) is 17.7 Å². The van der Waals surface area contributed by atoms with Crippen LogP contribution in [-0.2, 0) is 16.0 Å². The van der Waals surface area contributed by atoms with Crippen molar-refractivity contribution in [3.8, 4) is 0 Å². The molecule has 1 aromatic carbocycles. The van der Waals surface area contributed by atoms with E-state index in [4.69, 9.17) is 0 Å². The molecule has 0 radical (unpaired) electrons. The Morgan fingerprint density at radius 2 is 1.74 bits per heavy atom. The van der Waals surface area contributed by atoms with Crippen molar-refractivity contribution in [2.24, 2.45) is 0 Å². The van der Waals surface area contributed by atoms with Gasteiger partial charge in [-0.15, -0.1) is 0 Å². The summed E-state index contributed by atoms with van der Waals surface area (Å²) >= 11 is 0. The standard InChI is InChI=1S/C11H15NO.C4H9NO/c1-9(13)11(12-2)8-10-6-4-3-5-7-10;1-3-4(6)5-2/h3-7,11-12H,8H2,1-2H3;3H2,1-2H3,(H,5,6)/t11-;/m0./s1. The molecule has 0 fully saturated rings. The van der Waals surface area contributed by atoms with Crippen LogP contribution in [0, 0.1) is 0 Å². The maximum absolute atomic E-state index is 11.1. The Kier molecular flexibility index (Phi) is 9.35. The van der Waals surface area contributed by atoms with Crippen LogP contribution in [0.4, 0.5) is 0 Å². The minimum atomic E-state index is -0.0533. The first kappa shape index (κ1) is 17.3. The molecule has 0 aromatic heterocycles. The molecule has 1 aromatic rings. The number of hydrogen-bond donors (Lipinski definition) is 2. The highest BCUT2D eigenvalue weighted by Crippen LogP contribution is 2.03. The van der Waals surface area contributed by atoms with Crippen molar-refractivity contribution in [2.75, 3.05) is 14.1 Å². The zero-order valence-electron chi connectivity index (χ0n) is 12.2. The van der Waals surface area contributed by atoms with Crippen molar-refractivity contribution >= 4 is 11.7 Å². The monoisotopic (exact) mass is 264 g/mol. The van der Waals surface area contributed by atoms with Crippen LogP contribution in [-0.4, -0.2) is 31.8 Å². The lowest BCUT2D eigenvalue weighted by Crippen LogP contribution is -2.34. The molecule has 0 heterocycles. The Morgan fingerprint density at radius 1 is 1.16 bits per heavy atom. The van der Waals surface area contributed by atoms with E-state index in [2.05, 4.69) is 10.6 Å². The molecule has 2 N–H and O–H groups in total. The summed E-state index contributed by atoms with van der Waals surface area (Å²) < 4.78 is 0. The Bertz CT molecular complexity index is 371. The largest absolute Gasteiger partial charge is 0.359 e. The first-order valence-corrected chi connectivity index (χ1v) is 6.47. The Labute approximate surface area is 115 Å². The van der Waals surface area contributed by atoms with Gasteiger partial charge in [0.25, 0.3) is 0 Å². The quantitative estimate of drug-likeness (QED) is 0.848. The predicted octanol–water partition coefficient (Wildman–Crippen LogP) is 1.55. The lowest BCUT2D eigenvalue weighted by molar-refractivity contribution is -0.120. The maximum atomic E-state index is 11.1. The molecule has 0 bridgehead atoms. The maximum Gasteiger partial charge on any atom is 0.219 e. The zero-order chi connectivity index (χ0) is 14.7. The van der Waals surface area contributed by atoms with Crippen LogP contribution in [0.2, 0.25) is 0 Å². The molecule has 1 amide bonds. The molecule has 0 spiro atoms. The molecule has 0 unspecified atom stereocenters. The molecular weight excluding hydrogens is 240 g/mol. The number of Topliss-reactive ketones (excluding diaryl/α,β-unsaturated/α-hetero) is 1. The minimum absolute atomic E-state index is 0.0533. The molecule has 4 nitrogen and oxygen atoms in total. The van der Waals surface area contributed by atoms with Gasteiger partial charge in [0.1, 0.15) is 5.78 Å². The molecular formula is C15H24N2O2. The van der Waals surface area contributed by atoms with Gasteiger partial charge in [-0.1, -0.05) is 37.3 Å². The van der Waals surface area contributed by atoms with Crippen LogP contribution < -0.4 is 10.6 Å². The third-order valence-electron chi connectivity index (χ3n) is 2.72. The normalized spacial score (nSPS) is 10.9. The van der Waals surface area contributed by atoms with Crippen molar-refractivity contribution in [3.63, 3.8) is 0 Å². The molecule has 0 aliphatic rings. The fourth-order valence-electron chi connectivity index (χ4n) is 1.48. The number of ketones is 1. The summed E-state index contributed by atoms with van der Waals surface area (Å²) in [5, 5.41) is 5.48. The molecule has 4 heteroatoms. The van der Waals surface area contributed by atoms with Gasteiger partial charge < -0.3 is 10.6 Å². The number of nitrogens with one attached hydrogen (secondary N) is 2. The summed E-state index contributed by atoms with van der Waals surface area (Å²) in [6.45, 7) is 3.43. The summed E-state index contributed by atoms with van der Waals surface area (Å²) in [4.78, 5) is 21.2. The summed E-state index contributed by atoms with van der Waals surface area (Å²) in [5.74, 6) is 0.279. The Morgan fingerprint density at radius 3 is 2.05 bits per heavy atom. The second-order valence-electron chi connectivity index (χ2n) is 4.17. The Hall–Kier alpha value is -1.68. The summed E-state index contributed by atoms with van der Waals surface area (Å²) in [6.07, 6.45) is 1.35. The molecule has 1 atom stereocenters. The van der Waals surface area contributed by atoms with Crippen molar-refractivity contribution in [1.82, 2.24) is 10.6 Å². The fraction of sp³-hybridized carbons (Fsp3) is 0.467. The fourth-order valence-corrected chi connectivity index (χ4v) is 1.48. The van der Waals surface area contributed by atoms with Crippen LogP contribution in [0.1, 0.15) is 25.8 Å². The van der Waals surface area contributed by atoms with E-state index in [9.17, 15) is 9.59 Å². The van der Waals surface area contributed by atoms with E-state index in [0.29, 0.717) is 6.42 Å². The third kappa shape index (κ3) is 8.11. The van der Waals surface area contributed by atoms with Crippen LogP contribution >= 0.6 is 0 Å². The van der Waals surface area contributed by atoms with E-state index >= 15 is 0 Å². The lowest BCUT2D eigenvalue weighted by Gasteiger charge is -2.11. The van der Waals surface area contributed by atoms with Crippen LogP contribution in [0.3, 0.4) is 0 Å². The first-order valence-electron chi connectivity index (χ1n) is 6.47. The molecule has 0 saturated carbocycles. The first-order chi connectivity index (χ1) is 9.04. The van der Waals surface area contributed by atoms with Gasteiger partial charge in [0.15, 0.2) is 0 Å². The molecule has 1 rings (SSSR count). The average molecular weight is 264 g/mol. The Balaban J connectivity index is 0.000000459. The van der Waals surface area contributed by atoms with Crippen LogP contribution in [0.15, 0.2) is 30.3 Å². The van der Waals surface area contributed by atoms with Crippen molar-refractivity contribution < 1.29 is 9.59 Å². The molecule has 106 valence electrons. The van der Waals surface area contributed by atoms with E-state index < -0.39 is 0 Å². The van der Waals surface area contributed by atoms with E-state index in [1.54, 1.807) is 14.0 Å². The smallest absolute Gasteiger partial charge is 0.219 e. The van der Waals surface area contributed by atoms with Crippen molar-refractivity contribution in [2.45, 2.75) is 32.7 Å². The van der Waals surface area contributed by atoms with Gasteiger partial charge in [0.05, 0.1) is 6.04 Å². The van der Waals surface area contributed by atoms with Gasteiger partial charge in [0, 0.05) is 13.5 Å². The number of rotatable bonds is 5. The molecule has 0 aliphatic heterocycles. The summed E-state index contributed by atoms with van der Waals surface area (Å²) in [7, 11) is 3.45. The highest BCUT2D eigenvalue weighted by Gasteiger charge is 2.11. The molecule has 0 saturated heterocycles. The number of likely N-dealkylation sites (N-methyl/N-ethyl adjacent to an activating group) is 1. The second-order valence-corrected chi connectivity index (χ2v) is 4.17. The molecule has 19 heavy (non-hydrogen) atoms. The van der Waals surface area contributed by atoms with Gasteiger partial charge >= 0.3 is 0 Å². The predicted molar refractivity (Wildman–Crippen MR) is 78.0 cm³/mol. The SMILES string of the molecule is CCC(=O)NC.CN[C@@H](Cc1ccccc1)C(C)=O. The van der Waals surface area contributed by atoms with Gasteiger partial charge in [-0.05, 0) is 26.0 Å². The van der Waals surface area contributed by atoms with Crippen molar-refractivity contribution in [3.05, 3.63) is 35.9 Å². The minimum Gasteiger partial charge on any atom is -0.359 e. The summed E-state index contributed by atoms with van der Waals surface area (Å²) in [6, 6.07) is 9.97. The average Bonchev–Trinajstić information content (AvgIpc) is 2.45. The topological polar surface area (TPSA) is 58.2 Å². The number of carbonyl (C=O) groups excluding carboxylic acids is 2. The number of amides is 1. The van der Waals surface area contributed by atoms with E-state index in [1.165, 1.54) is 5.56 Å².